The highest BCUT2D eigenvalue weighted by molar-refractivity contribution is 6.64. The van der Waals surface area contributed by atoms with Gasteiger partial charge in [0.2, 0.25) is 0 Å². The van der Waals surface area contributed by atoms with Crippen molar-refractivity contribution in [3.8, 4) is 0 Å². The zero-order valence-electron chi connectivity index (χ0n) is 16.3. The molecular formula is C16H36O8Si. The molecule has 0 amide bonds. The van der Waals surface area contributed by atoms with Gasteiger partial charge in [-0.3, -0.25) is 0 Å². The molecule has 0 aliphatic carbocycles. The molecule has 0 aliphatic heterocycles. The molecule has 0 bridgehead atoms. The van der Waals surface area contributed by atoms with Crippen LogP contribution in [0.2, 0.25) is 13.1 Å². The Bertz CT molecular complexity index is 245. The van der Waals surface area contributed by atoms with E-state index in [0.29, 0.717) is 79.3 Å². The predicted octanol–water partition coefficient (Wildman–Crippen LogP) is 1.08. The fraction of sp³-hybridized carbons (Fsp3) is 1.00. The van der Waals surface area contributed by atoms with Crippen LogP contribution in [0.1, 0.15) is 0 Å². The van der Waals surface area contributed by atoms with Gasteiger partial charge >= 0.3 is 8.56 Å². The van der Waals surface area contributed by atoms with Crippen LogP contribution in [0.25, 0.3) is 0 Å². The first-order chi connectivity index (χ1) is 12.1. The monoisotopic (exact) mass is 384 g/mol. The van der Waals surface area contributed by atoms with E-state index in [1.165, 1.54) is 0 Å². The first-order valence-electron chi connectivity index (χ1n) is 8.69. The smallest absolute Gasteiger partial charge is 0.331 e. The van der Waals surface area contributed by atoms with Crippen LogP contribution in [-0.2, 0) is 37.3 Å². The van der Waals surface area contributed by atoms with Crippen molar-refractivity contribution in [3.63, 3.8) is 0 Å². The Morgan fingerprint density at radius 1 is 0.440 bits per heavy atom. The summed E-state index contributed by atoms with van der Waals surface area (Å²) in [5.41, 5.74) is 0. The SMILES string of the molecule is COCCOCCOCCO[Si](C)(C)OCCOCCOCCOC. The van der Waals surface area contributed by atoms with Crippen LogP contribution >= 0.6 is 0 Å². The number of methoxy groups -OCH3 is 2. The van der Waals surface area contributed by atoms with E-state index in [9.17, 15) is 0 Å². The van der Waals surface area contributed by atoms with Crippen molar-refractivity contribution in [2.45, 2.75) is 13.1 Å². The van der Waals surface area contributed by atoms with Crippen LogP contribution in [0.3, 0.4) is 0 Å². The summed E-state index contributed by atoms with van der Waals surface area (Å²) in [6.07, 6.45) is 0. The Labute approximate surface area is 153 Å². The van der Waals surface area contributed by atoms with E-state index in [1.807, 2.05) is 13.1 Å². The summed E-state index contributed by atoms with van der Waals surface area (Å²) in [6.45, 7) is 10.7. The molecule has 0 fully saturated rings. The van der Waals surface area contributed by atoms with Crippen molar-refractivity contribution in [1.82, 2.24) is 0 Å². The molecule has 0 aromatic rings. The lowest BCUT2D eigenvalue weighted by Gasteiger charge is -2.22. The molecule has 0 N–H and O–H groups in total. The molecule has 25 heavy (non-hydrogen) atoms. The van der Waals surface area contributed by atoms with Crippen LogP contribution < -0.4 is 0 Å². The summed E-state index contributed by atoms with van der Waals surface area (Å²) in [7, 11) is 1.17. The summed E-state index contributed by atoms with van der Waals surface area (Å²) in [5, 5.41) is 0. The van der Waals surface area contributed by atoms with E-state index in [2.05, 4.69) is 0 Å². The highest BCUT2D eigenvalue weighted by Crippen LogP contribution is 2.05. The third kappa shape index (κ3) is 20.1. The van der Waals surface area contributed by atoms with E-state index >= 15 is 0 Å². The predicted molar refractivity (Wildman–Crippen MR) is 96.4 cm³/mol. The topological polar surface area (TPSA) is 73.8 Å². The minimum absolute atomic E-state index is 0.519. The molecule has 0 unspecified atom stereocenters. The van der Waals surface area contributed by atoms with Crippen LogP contribution in [0.15, 0.2) is 0 Å². The van der Waals surface area contributed by atoms with Crippen molar-refractivity contribution in [1.29, 1.82) is 0 Å². The molecule has 0 heterocycles. The Balaban J connectivity index is 3.32. The number of hydrogen-bond acceptors (Lipinski definition) is 8. The number of hydrogen-bond donors (Lipinski definition) is 0. The molecule has 152 valence electrons. The molecule has 0 rings (SSSR count). The molecular weight excluding hydrogens is 348 g/mol. The number of ether oxygens (including phenoxy) is 6. The lowest BCUT2D eigenvalue weighted by Crippen LogP contribution is -2.37. The van der Waals surface area contributed by atoms with Gasteiger partial charge in [0.1, 0.15) is 0 Å². The lowest BCUT2D eigenvalue weighted by atomic mass is 10.7. The van der Waals surface area contributed by atoms with Crippen LogP contribution in [0, 0.1) is 0 Å². The van der Waals surface area contributed by atoms with Gasteiger partial charge in [-0.05, 0) is 13.1 Å². The minimum Gasteiger partial charge on any atom is -0.392 e. The minimum atomic E-state index is -2.13. The Morgan fingerprint density at radius 3 is 1.04 bits per heavy atom. The average molecular weight is 385 g/mol. The van der Waals surface area contributed by atoms with E-state index in [0.717, 1.165) is 0 Å². The van der Waals surface area contributed by atoms with E-state index < -0.39 is 8.56 Å². The highest BCUT2D eigenvalue weighted by Gasteiger charge is 2.24. The lowest BCUT2D eigenvalue weighted by molar-refractivity contribution is 0.00789. The Hall–Kier alpha value is -0.103. The molecule has 0 saturated heterocycles. The van der Waals surface area contributed by atoms with Gasteiger partial charge in [0.05, 0.1) is 79.3 Å². The molecule has 8 nitrogen and oxygen atoms in total. The van der Waals surface area contributed by atoms with Crippen molar-refractivity contribution < 1.29 is 37.3 Å². The maximum absolute atomic E-state index is 5.78. The van der Waals surface area contributed by atoms with Gasteiger partial charge in [0.15, 0.2) is 0 Å². The van der Waals surface area contributed by atoms with Gasteiger partial charge in [-0.15, -0.1) is 0 Å². The summed E-state index contributed by atoms with van der Waals surface area (Å²) < 4.78 is 42.8. The second-order valence-corrected chi connectivity index (χ2v) is 8.91. The zero-order chi connectivity index (χ0) is 18.6. The fourth-order valence-electron chi connectivity index (χ4n) is 1.66. The second kappa shape index (κ2) is 18.7. The quantitative estimate of drug-likeness (QED) is 0.228. The molecule has 0 aliphatic rings. The molecule has 0 radical (unpaired) electrons. The third-order valence-corrected chi connectivity index (χ3v) is 4.76. The van der Waals surface area contributed by atoms with Gasteiger partial charge < -0.3 is 37.3 Å². The Kier molecular flexibility index (Phi) is 18.6. The summed E-state index contributed by atoms with van der Waals surface area (Å²) >= 11 is 0. The average Bonchev–Trinajstić information content (AvgIpc) is 2.59. The molecule has 0 spiro atoms. The van der Waals surface area contributed by atoms with Gasteiger partial charge in [0, 0.05) is 14.2 Å². The highest BCUT2D eigenvalue weighted by atomic mass is 28.4. The standard InChI is InChI=1S/C16H36O8Si/c1-17-5-7-19-9-11-21-13-15-23-25(3,4)24-16-14-22-12-10-20-8-6-18-2/h5-16H2,1-4H3. The molecule has 0 atom stereocenters. The van der Waals surface area contributed by atoms with Gasteiger partial charge in [-0.2, -0.15) is 0 Å². The van der Waals surface area contributed by atoms with Crippen molar-refractivity contribution in [2.24, 2.45) is 0 Å². The van der Waals surface area contributed by atoms with Crippen molar-refractivity contribution >= 4 is 8.56 Å². The first-order valence-corrected chi connectivity index (χ1v) is 11.5. The van der Waals surface area contributed by atoms with Crippen LogP contribution in [0.5, 0.6) is 0 Å². The van der Waals surface area contributed by atoms with Crippen LogP contribution in [-0.4, -0.2) is 102 Å². The summed E-state index contributed by atoms with van der Waals surface area (Å²) in [6, 6.07) is 0. The van der Waals surface area contributed by atoms with E-state index in [-0.39, 0.29) is 0 Å². The summed E-state index contributed by atoms with van der Waals surface area (Å²) in [5.74, 6) is 0. The molecule has 0 aromatic carbocycles. The van der Waals surface area contributed by atoms with E-state index in [1.54, 1.807) is 14.2 Å². The first kappa shape index (κ1) is 24.9. The zero-order valence-corrected chi connectivity index (χ0v) is 17.3. The largest absolute Gasteiger partial charge is 0.392 e. The maximum atomic E-state index is 5.78. The van der Waals surface area contributed by atoms with Crippen LogP contribution in [0.4, 0.5) is 0 Å². The molecule has 0 saturated carbocycles. The third-order valence-electron chi connectivity index (χ3n) is 2.96. The summed E-state index contributed by atoms with van der Waals surface area (Å²) in [4.78, 5) is 0. The second-order valence-electron chi connectivity index (χ2n) is 5.53. The van der Waals surface area contributed by atoms with Gasteiger partial charge in [-0.1, -0.05) is 0 Å². The molecule has 9 heteroatoms. The maximum Gasteiger partial charge on any atom is 0.331 e. The fourth-order valence-corrected chi connectivity index (χ4v) is 2.90. The van der Waals surface area contributed by atoms with Crippen molar-refractivity contribution in [2.75, 3.05) is 93.5 Å². The van der Waals surface area contributed by atoms with Crippen molar-refractivity contribution in [3.05, 3.63) is 0 Å². The van der Waals surface area contributed by atoms with Gasteiger partial charge in [-0.25, -0.2) is 0 Å². The van der Waals surface area contributed by atoms with E-state index in [4.69, 9.17) is 37.3 Å². The molecule has 0 aromatic heterocycles. The van der Waals surface area contributed by atoms with Gasteiger partial charge in [0.25, 0.3) is 0 Å². The Morgan fingerprint density at radius 2 is 0.720 bits per heavy atom. The normalized spacial score (nSPS) is 12.0. The number of rotatable bonds is 20.